The van der Waals surface area contributed by atoms with Gasteiger partial charge in [-0.15, -0.1) is 0 Å². The average molecular weight is 252 g/mol. The molecule has 0 aliphatic heterocycles. The van der Waals surface area contributed by atoms with Crippen molar-refractivity contribution in [3.8, 4) is 22.5 Å². The lowest BCUT2D eigenvalue weighted by atomic mass is 10.1. The summed E-state index contributed by atoms with van der Waals surface area (Å²) in [5.41, 5.74) is 2.48. The first-order chi connectivity index (χ1) is 9.27. The lowest BCUT2D eigenvalue weighted by Crippen LogP contribution is -2.25. The normalized spacial score (nSPS) is 10.5. The molecule has 4 nitrogen and oxygen atoms in total. The van der Waals surface area contributed by atoms with Gasteiger partial charge in [-0.2, -0.15) is 0 Å². The van der Waals surface area contributed by atoms with Gasteiger partial charge in [0.1, 0.15) is 0 Å². The molecule has 2 aromatic carbocycles. The number of hydrogen-bond acceptors (Lipinski definition) is 2. The summed E-state index contributed by atoms with van der Waals surface area (Å²) in [6, 6.07) is 18.6. The average Bonchev–Trinajstić information content (AvgIpc) is 2.75. The van der Waals surface area contributed by atoms with Crippen molar-refractivity contribution >= 4 is 0 Å². The lowest BCUT2D eigenvalue weighted by molar-refractivity contribution is -0.594. The highest BCUT2D eigenvalue weighted by atomic mass is 16.5. The first-order valence-corrected chi connectivity index (χ1v) is 5.92. The number of rotatable bonds is 2. The molecule has 0 aliphatic carbocycles. The van der Waals surface area contributed by atoms with Crippen LogP contribution in [0, 0.1) is 5.21 Å². The van der Waals surface area contributed by atoms with Gasteiger partial charge in [-0.25, -0.2) is 4.73 Å². The molecule has 0 saturated carbocycles. The van der Waals surface area contributed by atoms with Gasteiger partial charge >= 0.3 is 0 Å². The second-order valence-electron chi connectivity index (χ2n) is 4.22. The molecule has 0 fully saturated rings. The Morgan fingerprint density at radius 2 is 1.37 bits per heavy atom. The van der Waals surface area contributed by atoms with Crippen LogP contribution in [0.4, 0.5) is 0 Å². The van der Waals surface area contributed by atoms with Crippen LogP contribution in [0.5, 0.6) is 0 Å². The summed E-state index contributed by atoms with van der Waals surface area (Å²) in [7, 11) is 0. The Bertz CT molecular complexity index is 631. The minimum absolute atomic E-state index is 0.439. The Labute approximate surface area is 110 Å². The largest absolute Gasteiger partial charge is 0.710 e. The Morgan fingerprint density at radius 1 is 0.842 bits per heavy atom. The second kappa shape index (κ2) is 4.49. The van der Waals surface area contributed by atoms with Crippen molar-refractivity contribution in [2.75, 3.05) is 0 Å². The standard InChI is InChI=1S/C15H12N2O2/c18-16-11-17(19)15(13-9-5-2-6-10-13)14(16)12-7-3-1-4-8-12/h1-11,18H. The van der Waals surface area contributed by atoms with E-state index in [0.717, 1.165) is 22.2 Å². The van der Waals surface area contributed by atoms with Gasteiger partial charge in [0.2, 0.25) is 5.69 Å². The summed E-state index contributed by atoms with van der Waals surface area (Å²) < 4.78 is 1.54. The van der Waals surface area contributed by atoms with Crippen LogP contribution in [0.15, 0.2) is 67.0 Å². The van der Waals surface area contributed by atoms with Crippen molar-refractivity contribution in [2.24, 2.45) is 0 Å². The van der Waals surface area contributed by atoms with Gasteiger partial charge in [0.15, 0.2) is 5.69 Å². The summed E-state index contributed by atoms with van der Waals surface area (Å²) in [6.45, 7) is 0. The van der Waals surface area contributed by atoms with Gasteiger partial charge in [0.25, 0.3) is 6.33 Å². The van der Waals surface area contributed by atoms with Crippen molar-refractivity contribution in [3.63, 3.8) is 0 Å². The lowest BCUT2D eigenvalue weighted by Gasteiger charge is -2.04. The maximum Gasteiger partial charge on any atom is 0.288 e. The number of benzene rings is 2. The minimum Gasteiger partial charge on any atom is -0.710 e. The first-order valence-electron chi connectivity index (χ1n) is 5.92. The van der Waals surface area contributed by atoms with E-state index >= 15 is 0 Å². The SMILES string of the molecule is [O-][n+]1cn(O)c(-c2ccccc2)c1-c1ccccc1. The number of aromatic nitrogens is 2. The molecule has 0 amide bonds. The van der Waals surface area contributed by atoms with Gasteiger partial charge in [-0.05, 0) is 4.73 Å². The van der Waals surface area contributed by atoms with E-state index < -0.39 is 0 Å². The monoisotopic (exact) mass is 252 g/mol. The fourth-order valence-corrected chi connectivity index (χ4v) is 2.15. The maximum atomic E-state index is 12.0. The molecular weight excluding hydrogens is 240 g/mol. The van der Waals surface area contributed by atoms with Gasteiger partial charge in [0.05, 0.1) is 0 Å². The molecule has 0 unspecified atom stereocenters. The van der Waals surface area contributed by atoms with Crippen LogP contribution in [0.25, 0.3) is 22.5 Å². The number of nitrogens with zero attached hydrogens (tertiary/aromatic N) is 2. The third-order valence-corrected chi connectivity index (χ3v) is 2.98. The zero-order valence-corrected chi connectivity index (χ0v) is 10.1. The van der Waals surface area contributed by atoms with E-state index in [1.807, 2.05) is 60.7 Å². The van der Waals surface area contributed by atoms with Crippen molar-refractivity contribution in [3.05, 3.63) is 72.2 Å². The Morgan fingerprint density at radius 3 is 1.95 bits per heavy atom. The first kappa shape index (κ1) is 11.3. The fraction of sp³-hybridized carbons (Fsp3) is 0. The molecule has 94 valence electrons. The third kappa shape index (κ3) is 1.93. The van der Waals surface area contributed by atoms with Gasteiger partial charge in [-0.1, -0.05) is 60.7 Å². The molecule has 1 heterocycles. The zero-order chi connectivity index (χ0) is 13.2. The van der Waals surface area contributed by atoms with Crippen LogP contribution in [0.3, 0.4) is 0 Å². The zero-order valence-electron chi connectivity index (χ0n) is 10.1. The van der Waals surface area contributed by atoms with Crippen molar-refractivity contribution < 1.29 is 9.94 Å². The molecule has 1 N–H and O–H groups in total. The molecule has 4 heteroatoms. The van der Waals surface area contributed by atoms with Gasteiger partial charge in [-0.3, -0.25) is 0 Å². The van der Waals surface area contributed by atoms with Crippen LogP contribution in [-0.4, -0.2) is 9.94 Å². The van der Waals surface area contributed by atoms with E-state index in [-0.39, 0.29) is 0 Å². The van der Waals surface area contributed by atoms with Crippen molar-refractivity contribution in [1.82, 2.24) is 4.73 Å². The topological polar surface area (TPSA) is 52.1 Å². The van der Waals surface area contributed by atoms with Crippen molar-refractivity contribution in [1.29, 1.82) is 0 Å². The highest BCUT2D eigenvalue weighted by molar-refractivity contribution is 5.76. The molecule has 1 aromatic heterocycles. The highest BCUT2D eigenvalue weighted by Gasteiger charge is 2.23. The number of imidazole rings is 1. The van der Waals surface area contributed by atoms with Crippen LogP contribution >= 0.6 is 0 Å². The van der Waals surface area contributed by atoms with Crippen molar-refractivity contribution in [2.45, 2.75) is 0 Å². The summed E-state index contributed by atoms with van der Waals surface area (Å²) in [4.78, 5) is 0. The quantitative estimate of drug-likeness (QED) is 0.433. The van der Waals surface area contributed by atoms with Gasteiger partial charge in [0, 0.05) is 11.1 Å². The molecule has 3 aromatic rings. The molecule has 0 bridgehead atoms. The molecular formula is C15H12N2O2. The summed E-state index contributed by atoms with van der Waals surface area (Å²) in [5, 5.41) is 21.9. The van der Waals surface area contributed by atoms with Crippen LogP contribution in [-0.2, 0) is 0 Å². The molecule has 0 aliphatic rings. The fourth-order valence-electron chi connectivity index (χ4n) is 2.15. The molecule has 0 saturated heterocycles. The second-order valence-corrected chi connectivity index (χ2v) is 4.22. The third-order valence-electron chi connectivity index (χ3n) is 2.98. The minimum atomic E-state index is 0.439. The molecule has 3 rings (SSSR count). The highest BCUT2D eigenvalue weighted by Crippen LogP contribution is 2.28. The Balaban J connectivity index is 2.26. The predicted molar refractivity (Wildman–Crippen MR) is 71.4 cm³/mol. The molecule has 0 radical (unpaired) electrons. The predicted octanol–water partition coefficient (Wildman–Crippen LogP) is 2.69. The van der Waals surface area contributed by atoms with E-state index in [4.69, 9.17) is 0 Å². The molecule has 0 spiro atoms. The summed E-state index contributed by atoms with van der Waals surface area (Å²) in [5.74, 6) is 0. The van der Waals surface area contributed by atoms with Crippen LogP contribution in [0.1, 0.15) is 0 Å². The van der Waals surface area contributed by atoms with E-state index in [1.54, 1.807) is 0 Å². The summed E-state index contributed by atoms with van der Waals surface area (Å²) >= 11 is 0. The van der Waals surface area contributed by atoms with Crippen LogP contribution < -0.4 is 4.73 Å². The number of hydrogen-bond donors (Lipinski definition) is 1. The Kier molecular flexibility index (Phi) is 2.68. The van der Waals surface area contributed by atoms with E-state index in [1.165, 1.54) is 0 Å². The smallest absolute Gasteiger partial charge is 0.288 e. The summed E-state index contributed by atoms with van der Waals surface area (Å²) in [6.07, 6.45) is 1.12. The van der Waals surface area contributed by atoms with E-state index in [2.05, 4.69) is 0 Å². The Hall–Kier alpha value is -2.75. The van der Waals surface area contributed by atoms with E-state index in [9.17, 15) is 10.4 Å². The van der Waals surface area contributed by atoms with Gasteiger partial charge < -0.3 is 10.4 Å². The molecule has 0 atom stereocenters. The maximum absolute atomic E-state index is 12.0. The van der Waals surface area contributed by atoms with E-state index in [0.29, 0.717) is 16.1 Å². The molecule has 19 heavy (non-hydrogen) atoms. The van der Waals surface area contributed by atoms with Crippen LogP contribution in [0.2, 0.25) is 0 Å².